The minimum Gasteiger partial charge on any atom is -0.324 e. The van der Waals surface area contributed by atoms with Crippen LogP contribution in [0.4, 0.5) is 5.69 Å². The Bertz CT molecular complexity index is 280. The molecule has 1 atom stereocenters. The van der Waals surface area contributed by atoms with Crippen molar-refractivity contribution in [3.63, 3.8) is 0 Å². The second-order valence-electron chi connectivity index (χ2n) is 2.64. The van der Waals surface area contributed by atoms with Crippen molar-refractivity contribution in [3.05, 3.63) is 39.9 Å². The van der Waals surface area contributed by atoms with Crippen LogP contribution in [0.25, 0.3) is 0 Å². The topological polar surface area (TPSA) is 69.2 Å². The zero-order chi connectivity index (χ0) is 9.14. The maximum atomic E-state index is 10.3. The molecule has 0 heterocycles. The van der Waals surface area contributed by atoms with E-state index in [4.69, 9.17) is 5.73 Å². The molecule has 0 radical (unpaired) electrons. The van der Waals surface area contributed by atoms with Gasteiger partial charge in [-0.25, -0.2) is 0 Å². The number of benzene rings is 1. The maximum Gasteiger partial charge on any atom is 0.269 e. The summed E-state index contributed by atoms with van der Waals surface area (Å²) >= 11 is 0. The van der Waals surface area contributed by atoms with Crippen LogP contribution in [-0.2, 0) is 0 Å². The summed E-state index contributed by atoms with van der Waals surface area (Å²) in [6.45, 7) is 1.83. The van der Waals surface area contributed by atoms with Crippen molar-refractivity contribution in [2.24, 2.45) is 5.73 Å². The van der Waals surface area contributed by atoms with Gasteiger partial charge in [0.25, 0.3) is 5.69 Å². The van der Waals surface area contributed by atoms with Gasteiger partial charge in [-0.15, -0.1) is 0 Å². The Balaban J connectivity index is 2.93. The van der Waals surface area contributed by atoms with Gasteiger partial charge in [0.1, 0.15) is 0 Å². The Morgan fingerprint density at radius 3 is 2.25 bits per heavy atom. The highest BCUT2D eigenvalue weighted by Crippen LogP contribution is 2.15. The van der Waals surface area contributed by atoms with E-state index in [0.29, 0.717) is 0 Å². The molecule has 0 spiro atoms. The number of nitro groups is 1. The first-order chi connectivity index (χ1) is 5.61. The number of hydrogen-bond donors (Lipinski definition) is 1. The van der Waals surface area contributed by atoms with Gasteiger partial charge in [0.05, 0.1) is 4.92 Å². The maximum absolute atomic E-state index is 10.3. The summed E-state index contributed by atoms with van der Waals surface area (Å²) in [6.07, 6.45) is 0. The molecule has 1 aromatic carbocycles. The Labute approximate surface area is 70.2 Å². The lowest BCUT2D eigenvalue weighted by Crippen LogP contribution is -2.04. The largest absolute Gasteiger partial charge is 0.324 e. The standard InChI is InChI=1S/C8H10N2O2/c1-6(9)7-2-4-8(5-3-7)10(11)12/h2-6H,9H2,1H3. The zero-order valence-electron chi connectivity index (χ0n) is 6.73. The van der Waals surface area contributed by atoms with E-state index in [1.165, 1.54) is 12.1 Å². The van der Waals surface area contributed by atoms with Crippen LogP contribution in [0, 0.1) is 10.1 Å². The van der Waals surface area contributed by atoms with E-state index in [0.717, 1.165) is 5.56 Å². The molecule has 4 heteroatoms. The first kappa shape index (κ1) is 8.67. The molecule has 1 rings (SSSR count). The molecule has 0 aliphatic heterocycles. The second kappa shape index (κ2) is 3.32. The van der Waals surface area contributed by atoms with Gasteiger partial charge < -0.3 is 5.73 Å². The molecule has 4 nitrogen and oxygen atoms in total. The van der Waals surface area contributed by atoms with Gasteiger partial charge in [0.15, 0.2) is 0 Å². The zero-order valence-corrected chi connectivity index (χ0v) is 6.73. The molecule has 0 saturated carbocycles. The van der Waals surface area contributed by atoms with Gasteiger partial charge in [-0.1, -0.05) is 12.1 Å². The van der Waals surface area contributed by atoms with E-state index < -0.39 is 4.92 Å². The van der Waals surface area contributed by atoms with Crippen molar-refractivity contribution in [2.75, 3.05) is 0 Å². The molecule has 0 fully saturated rings. The predicted octanol–water partition coefficient (Wildman–Crippen LogP) is 1.61. The summed E-state index contributed by atoms with van der Waals surface area (Å²) in [5.41, 5.74) is 6.57. The summed E-state index contributed by atoms with van der Waals surface area (Å²) < 4.78 is 0. The summed E-state index contributed by atoms with van der Waals surface area (Å²) in [4.78, 5) is 9.83. The molecule has 2 N–H and O–H groups in total. The third-order valence-corrected chi connectivity index (χ3v) is 1.63. The molecule has 0 aliphatic rings. The van der Waals surface area contributed by atoms with Gasteiger partial charge in [0.2, 0.25) is 0 Å². The minimum absolute atomic E-state index is 0.0780. The normalized spacial score (nSPS) is 12.5. The minimum atomic E-state index is -0.426. The van der Waals surface area contributed by atoms with Crippen LogP contribution in [0.3, 0.4) is 0 Å². The summed E-state index contributed by atoms with van der Waals surface area (Å²) in [5.74, 6) is 0. The van der Waals surface area contributed by atoms with Gasteiger partial charge in [-0.05, 0) is 12.5 Å². The molecule has 0 bridgehead atoms. The predicted molar refractivity (Wildman–Crippen MR) is 45.7 cm³/mol. The Hall–Kier alpha value is -1.42. The van der Waals surface area contributed by atoms with Crippen LogP contribution in [0.5, 0.6) is 0 Å². The van der Waals surface area contributed by atoms with Gasteiger partial charge in [-0.2, -0.15) is 0 Å². The highest BCUT2D eigenvalue weighted by Gasteiger charge is 2.05. The quantitative estimate of drug-likeness (QED) is 0.536. The average molecular weight is 166 g/mol. The monoisotopic (exact) mass is 166 g/mol. The number of rotatable bonds is 2. The third kappa shape index (κ3) is 1.79. The van der Waals surface area contributed by atoms with Crippen LogP contribution < -0.4 is 5.73 Å². The third-order valence-electron chi connectivity index (χ3n) is 1.63. The van der Waals surface area contributed by atoms with E-state index in [1.807, 2.05) is 6.92 Å². The van der Waals surface area contributed by atoms with Crippen molar-refractivity contribution < 1.29 is 4.92 Å². The summed E-state index contributed by atoms with van der Waals surface area (Å²) in [7, 11) is 0. The number of nitrogens with two attached hydrogens (primary N) is 1. The van der Waals surface area contributed by atoms with Crippen LogP contribution >= 0.6 is 0 Å². The SMILES string of the molecule is CC(N)c1ccc([N+](=O)[O-])cc1. The Morgan fingerprint density at radius 2 is 1.92 bits per heavy atom. The van der Waals surface area contributed by atoms with Crippen LogP contribution in [0.2, 0.25) is 0 Å². The fraction of sp³-hybridized carbons (Fsp3) is 0.250. The van der Waals surface area contributed by atoms with E-state index in [2.05, 4.69) is 0 Å². The number of nitro benzene ring substituents is 1. The summed E-state index contributed by atoms with van der Waals surface area (Å²) in [6, 6.07) is 6.18. The van der Waals surface area contributed by atoms with Crippen molar-refractivity contribution in [1.29, 1.82) is 0 Å². The molecule has 1 unspecified atom stereocenters. The molecule has 0 amide bonds. The number of hydrogen-bond acceptors (Lipinski definition) is 3. The van der Waals surface area contributed by atoms with E-state index >= 15 is 0 Å². The second-order valence-corrected chi connectivity index (χ2v) is 2.64. The van der Waals surface area contributed by atoms with Crippen molar-refractivity contribution in [1.82, 2.24) is 0 Å². The van der Waals surface area contributed by atoms with E-state index in [9.17, 15) is 10.1 Å². The molecule has 0 saturated heterocycles. The molecule has 0 aromatic heterocycles. The lowest BCUT2D eigenvalue weighted by atomic mass is 10.1. The Kier molecular flexibility index (Phi) is 2.40. The smallest absolute Gasteiger partial charge is 0.269 e. The molecular weight excluding hydrogens is 156 g/mol. The average Bonchev–Trinajstić information content (AvgIpc) is 2.04. The number of non-ortho nitro benzene ring substituents is 1. The molecule has 12 heavy (non-hydrogen) atoms. The fourth-order valence-electron chi connectivity index (χ4n) is 0.900. The van der Waals surface area contributed by atoms with Crippen molar-refractivity contribution in [2.45, 2.75) is 13.0 Å². The molecule has 1 aromatic rings. The Morgan fingerprint density at radius 1 is 1.42 bits per heavy atom. The van der Waals surface area contributed by atoms with E-state index in [1.54, 1.807) is 12.1 Å². The van der Waals surface area contributed by atoms with Crippen molar-refractivity contribution >= 4 is 5.69 Å². The van der Waals surface area contributed by atoms with Gasteiger partial charge >= 0.3 is 0 Å². The van der Waals surface area contributed by atoms with Crippen LogP contribution in [0.1, 0.15) is 18.5 Å². The van der Waals surface area contributed by atoms with E-state index in [-0.39, 0.29) is 11.7 Å². The lowest BCUT2D eigenvalue weighted by molar-refractivity contribution is -0.384. The molecule has 64 valence electrons. The number of nitrogens with zero attached hydrogens (tertiary/aromatic N) is 1. The highest BCUT2D eigenvalue weighted by molar-refractivity contribution is 5.33. The van der Waals surface area contributed by atoms with Crippen LogP contribution in [-0.4, -0.2) is 4.92 Å². The first-order valence-corrected chi connectivity index (χ1v) is 3.61. The van der Waals surface area contributed by atoms with Crippen LogP contribution in [0.15, 0.2) is 24.3 Å². The summed E-state index contributed by atoms with van der Waals surface area (Å²) in [5, 5.41) is 10.3. The van der Waals surface area contributed by atoms with Crippen molar-refractivity contribution in [3.8, 4) is 0 Å². The highest BCUT2D eigenvalue weighted by atomic mass is 16.6. The van der Waals surface area contributed by atoms with Gasteiger partial charge in [0, 0.05) is 18.2 Å². The fourth-order valence-corrected chi connectivity index (χ4v) is 0.900. The first-order valence-electron chi connectivity index (χ1n) is 3.61. The lowest BCUT2D eigenvalue weighted by Gasteiger charge is -2.03. The van der Waals surface area contributed by atoms with Gasteiger partial charge in [-0.3, -0.25) is 10.1 Å². The molecular formula is C8H10N2O2. The molecule has 0 aliphatic carbocycles.